The topological polar surface area (TPSA) is 41.5 Å². The molecule has 0 radical (unpaired) electrons. The predicted molar refractivity (Wildman–Crippen MR) is 66.7 cm³/mol. The summed E-state index contributed by atoms with van der Waals surface area (Å²) in [5.41, 5.74) is -0.134. The third-order valence-corrected chi connectivity index (χ3v) is 1.58. The lowest BCUT2D eigenvalue weighted by Gasteiger charge is -2.25. The Morgan fingerprint density at radius 3 is 1.93 bits per heavy atom. The highest BCUT2D eigenvalue weighted by Gasteiger charge is 2.15. The van der Waals surface area contributed by atoms with Gasteiger partial charge in [-0.05, 0) is 41.5 Å². The third kappa shape index (κ3) is 14.2. The molecule has 3 nitrogen and oxygen atoms in total. The van der Waals surface area contributed by atoms with E-state index in [1.807, 2.05) is 20.8 Å². The molecule has 0 rings (SSSR count). The van der Waals surface area contributed by atoms with E-state index in [2.05, 4.69) is 26.1 Å². The normalized spacial score (nSPS) is 14.6. The summed E-state index contributed by atoms with van der Waals surface area (Å²) in [6.45, 7) is 13.1. The Morgan fingerprint density at radius 2 is 1.60 bits per heavy atom. The molecule has 0 aromatic carbocycles. The fraction of sp³-hybridized carbons (Fsp3) is 1.00. The molecule has 1 unspecified atom stereocenters. The van der Waals surface area contributed by atoms with Crippen molar-refractivity contribution in [3.63, 3.8) is 0 Å². The highest BCUT2D eigenvalue weighted by Crippen LogP contribution is 2.07. The number of rotatable bonds is 4. The van der Waals surface area contributed by atoms with Crippen molar-refractivity contribution in [1.29, 1.82) is 0 Å². The maximum Gasteiger partial charge on any atom is 0.0898 e. The van der Waals surface area contributed by atoms with Crippen molar-refractivity contribution in [2.75, 3.05) is 13.2 Å². The van der Waals surface area contributed by atoms with E-state index >= 15 is 0 Å². The Balaban J connectivity index is 0. The van der Waals surface area contributed by atoms with Crippen LogP contribution in [0.5, 0.6) is 0 Å². The molecule has 0 bridgehead atoms. The molecule has 0 aromatic heterocycles. The zero-order valence-corrected chi connectivity index (χ0v) is 11.6. The van der Waals surface area contributed by atoms with Crippen molar-refractivity contribution >= 4 is 12.4 Å². The van der Waals surface area contributed by atoms with Crippen molar-refractivity contribution < 1.29 is 9.84 Å². The number of hydrogen-bond acceptors (Lipinski definition) is 3. The summed E-state index contributed by atoms with van der Waals surface area (Å²) < 4.78 is 5.47. The first-order valence-corrected chi connectivity index (χ1v) is 5.17. The molecule has 2 N–H and O–H groups in total. The molecule has 0 saturated carbocycles. The van der Waals surface area contributed by atoms with E-state index in [9.17, 15) is 5.11 Å². The fourth-order valence-electron chi connectivity index (χ4n) is 0.829. The van der Waals surface area contributed by atoms with Gasteiger partial charge in [-0.25, -0.2) is 0 Å². The van der Waals surface area contributed by atoms with Gasteiger partial charge in [0, 0.05) is 12.1 Å². The second-order valence-electron chi connectivity index (χ2n) is 5.71. The van der Waals surface area contributed by atoms with Gasteiger partial charge in [-0.1, -0.05) is 0 Å². The maximum atomic E-state index is 9.59. The number of aliphatic hydroxyl groups is 1. The van der Waals surface area contributed by atoms with Crippen LogP contribution < -0.4 is 5.32 Å². The van der Waals surface area contributed by atoms with E-state index in [0.717, 1.165) is 0 Å². The van der Waals surface area contributed by atoms with Gasteiger partial charge in [0.15, 0.2) is 0 Å². The van der Waals surface area contributed by atoms with Crippen LogP contribution in [0.1, 0.15) is 41.5 Å². The largest absolute Gasteiger partial charge is 0.389 e. The second-order valence-corrected chi connectivity index (χ2v) is 5.71. The third-order valence-electron chi connectivity index (χ3n) is 1.58. The van der Waals surface area contributed by atoms with Gasteiger partial charge in [0.2, 0.25) is 0 Å². The van der Waals surface area contributed by atoms with E-state index in [4.69, 9.17) is 4.74 Å². The lowest BCUT2D eigenvalue weighted by molar-refractivity contribution is -0.0489. The second kappa shape index (κ2) is 6.69. The van der Waals surface area contributed by atoms with Crippen LogP contribution in [0.25, 0.3) is 0 Å². The summed E-state index contributed by atoms with van der Waals surface area (Å²) in [6, 6.07) is 0. The maximum absolute atomic E-state index is 9.59. The van der Waals surface area contributed by atoms with E-state index in [0.29, 0.717) is 13.2 Å². The van der Waals surface area contributed by atoms with Crippen LogP contribution in [0.2, 0.25) is 0 Å². The average Bonchev–Trinajstić information content (AvgIpc) is 1.94. The lowest BCUT2D eigenvalue weighted by atomic mass is 10.1. The van der Waals surface area contributed by atoms with E-state index < -0.39 is 6.10 Å². The summed E-state index contributed by atoms with van der Waals surface area (Å²) in [4.78, 5) is 0. The van der Waals surface area contributed by atoms with Crippen molar-refractivity contribution in [3.05, 3.63) is 0 Å². The van der Waals surface area contributed by atoms with Gasteiger partial charge in [-0.2, -0.15) is 0 Å². The minimum absolute atomic E-state index is 0. The van der Waals surface area contributed by atoms with Crippen LogP contribution in [0.15, 0.2) is 0 Å². The van der Waals surface area contributed by atoms with Gasteiger partial charge < -0.3 is 15.2 Å². The highest BCUT2D eigenvalue weighted by atomic mass is 35.5. The number of ether oxygens (including phenoxy) is 1. The molecular weight excluding hydrogens is 214 g/mol. The zero-order chi connectivity index (χ0) is 11.4. The van der Waals surface area contributed by atoms with Gasteiger partial charge in [0.25, 0.3) is 0 Å². The molecule has 1 atom stereocenters. The first-order chi connectivity index (χ1) is 6.10. The Morgan fingerprint density at radius 1 is 1.13 bits per heavy atom. The minimum atomic E-state index is -0.437. The van der Waals surface area contributed by atoms with Crippen LogP contribution in [-0.2, 0) is 4.74 Å². The Bertz CT molecular complexity index is 143. The van der Waals surface area contributed by atoms with Crippen LogP contribution in [0, 0.1) is 0 Å². The van der Waals surface area contributed by atoms with Gasteiger partial charge in [0.1, 0.15) is 0 Å². The number of aliphatic hydroxyl groups excluding tert-OH is 1. The van der Waals surface area contributed by atoms with Gasteiger partial charge >= 0.3 is 0 Å². The molecule has 0 fully saturated rings. The Hall–Kier alpha value is 0.170. The first-order valence-electron chi connectivity index (χ1n) is 5.17. The van der Waals surface area contributed by atoms with E-state index in [1.165, 1.54) is 0 Å². The summed E-state index contributed by atoms with van der Waals surface area (Å²) >= 11 is 0. The highest BCUT2D eigenvalue weighted by molar-refractivity contribution is 5.85. The van der Waals surface area contributed by atoms with Crippen LogP contribution in [0.3, 0.4) is 0 Å². The van der Waals surface area contributed by atoms with Crippen LogP contribution >= 0.6 is 12.4 Å². The summed E-state index contributed by atoms with van der Waals surface area (Å²) in [5.74, 6) is 0. The van der Waals surface area contributed by atoms with Gasteiger partial charge in [0.05, 0.1) is 18.3 Å². The van der Waals surface area contributed by atoms with E-state index in [-0.39, 0.29) is 23.5 Å². The molecule has 0 spiro atoms. The number of halogens is 1. The first kappa shape index (κ1) is 17.6. The van der Waals surface area contributed by atoms with Crippen molar-refractivity contribution in [2.45, 2.75) is 58.8 Å². The van der Waals surface area contributed by atoms with Crippen LogP contribution in [0.4, 0.5) is 0 Å². The Kier molecular flexibility index (Phi) is 7.83. The van der Waals surface area contributed by atoms with E-state index in [1.54, 1.807) is 0 Å². The molecule has 0 aromatic rings. The average molecular weight is 240 g/mol. The SMILES string of the molecule is CC(C)(C)NCC(O)COC(C)(C)C.Cl. The van der Waals surface area contributed by atoms with Gasteiger partial charge in [-0.3, -0.25) is 0 Å². The summed E-state index contributed by atoms with van der Waals surface area (Å²) in [5, 5.41) is 12.8. The molecule has 94 valence electrons. The van der Waals surface area contributed by atoms with Gasteiger partial charge in [-0.15, -0.1) is 12.4 Å². The smallest absolute Gasteiger partial charge is 0.0898 e. The molecule has 0 aliphatic heterocycles. The number of nitrogens with one attached hydrogen (secondary N) is 1. The predicted octanol–water partition coefficient (Wildman–Crippen LogP) is 1.97. The van der Waals surface area contributed by atoms with Crippen molar-refractivity contribution in [3.8, 4) is 0 Å². The van der Waals surface area contributed by atoms with Crippen molar-refractivity contribution in [2.24, 2.45) is 0 Å². The lowest BCUT2D eigenvalue weighted by Crippen LogP contribution is -2.42. The molecule has 15 heavy (non-hydrogen) atoms. The molecular formula is C11H26ClNO2. The monoisotopic (exact) mass is 239 g/mol. The van der Waals surface area contributed by atoms with Crippen LogP contribution in [-0.4, -0.2) is 35.5 Å². The molecule has 0 aliphatic carbocycles. The summed E-state index contributed by atoms with van der Waals surface area (Å²) in [6.07, 6.45) is -0.437. The quantitative estimate of drug-likeness (QED) is 0.788. The van der Waals surface area contributed by atoms with Crippen molar-refractivity contribution in [1.82, 2.24) is 5.32 Å². The molecule has 0 saturated heterocycles. The number of β-amino-alcohol motifs (C(OH)–C–C–N with tert-alkyl or cyclic N) is 1. The minimum Gasteiger partial charge on any atom is -0.389 e. The molecule has 0 amide bonds. The Labute approximate surface area is 100.0 Å². The molecule has 4 heteroatoms. The number of hydrogen-bond donors (Lipinski definition) is 2. The fourth-order valence-corrected chi connectivity index (χ4v) is 0.829. The molecule has 0 heterocycles. The summed E-state index contributed by atoms with van der Waals surface area (Å²) in [7, 11) is 0. The standard InChI is InChI=1S/C11H25NO2.ClH/c1-10(2,3)12-7-9(13)8-14-11(4,5)6;/h9,12-13H,7-8H2,1-6H3;1H. The zero-order valence-electron chi connectivity index (χ0n) is 10.8. The molecule has 0 aliphatic rings.